The van der Waals surface area contributed by atoms with E-state index in [4.69, 9.17) is 0 Å². The minimum Gasteiger partial charge on any atom is -0.341 e. The van der Waals surface area contributed by atoms with E-state index in [-0.39, 0.29) is 5.91 Å². The average Bonchev–Trinajstić information content (AvgIpc) is 3.62. The predicted molar refractivity (Wildman–Crippen MR) is 137 cm³/mol. The Hall–Kier alpha value is -2.80. The summed E-state index contributed by atoms with van der Waals surface area (Å²) < 4.78 is 2.30. The third-order valence-electron chi connectivity index (χ3n) is 6.74. The van der Waals surface area contributed by atoms with Gasteiger partial charge in [0, 0.05) is 32.2 Å². The molecule has 2 fully saturated rings. The maximum Gasteiger partial charge on any atom is 0.233 e. The second-order valence-corrected chi connectivity index (χ2v) is 10.5. The number of piperidine rings is 1. The number of hydrogen-bond donors (Lipinski definition) is 0. The van der Waals surface area contributed by atoms with Crippen molar-refractivity contribution in [3.63, 3.8) is 0 Å². The predicted octanol–water partition coefficient (Wildman–Crippen LogP) is 5.17. The number of benzene rings is 2. The smallest absolute Gasteiger partial charge is 0.233 e. The number of carbonyl (C=O) groups excluding carboxylic acids is 1. The topological polar surface area (TPSA) is 54.3 Å². The van der Waals surface area contributed by atoms with Crippen molar-refractivity contribution in [3.05, 3.63) is 71.8 Å². The summed E-state index contributed by atoms with van der Waals surface area (Å²) in [5.41, 5.74) is 2.28. The molecule has 1 aromatic heterocycles. The van der Waals surface area contributed by atoms with Gasteiger partial charge in [0.2, 0.25) is 11.9 Å². The number of hydrogen-bond acceptors (Lipinski definition) is 5. The van der Waals surface area contributed by atoms with Gasteiger partial charge in [0.15, 0.2) is 5.16 Å². The van der Waals surface area contributed by atoms with Gasteiger partial charge in [-0.1, -0.05) is 79.3 Å². The third kappa shape index (κ3) is 5.63. The van der Waals surface area contributed by atoms with Gasteiger partial charge in [0.1, 0.15) is 0 Å². The molecule has 1 saturated heterocycles. The van der Waals surface area contributed by atoms with Crippen LogP contribution in [0.5, 0.6) is 0 Å². The van der Waals surface area contributed by atoms with E-state index in [2.05, 4.69) is 50.9 Å². The molecule has 6 nitrogen and oxygen atoms in total. The highest BCUT2D eigenvalue weighted by molar-refractivity contribution is 7.99. The largest absolute Gasteiger partial charge is 0.341 e. The molecule has 0 bridgehead atoms. The lowest BCUT2D eigenvalue weighted by Gasteiger charge is -2.31. The number of aromatic nitrogens is 3. The Balaban J connectivity index is 1.29. The molecule has 7 heteroatoms. The Kier molecular flexibility index (Phi) is 7.19. The molecule has 1 aliphatic carbocycles. The first kappa shape index (κ1) is 23.0. The van der Waals surface area contributed by atoms with Crippen LogP contribution in [0.2, 0.25) is 0 Å². The minimum atomic E-state index is 0.122. The van der Waals surface area contributed by atoms with Crippen LogP contribution >= 0.6 is 11.8 Å². The molecule has 0 unspecified atom stereocenters. The van der Waals surface area contributed by atoms with E-state index in [1.165, 1.54) is 37.4 Å². The molecule has 0 radical (unpaired) electrons. The zero-order chi connectivity index (χ0) is 23.3. The van der Waals surface area contributed by atoms with Crippen molar-refractivity contribution >= 4 is 23.6 Å². The van der Waals surface area contributed by atoms with Gasteiger partial charge in [-0.3, -0.25) is 9.36 Å². The number of nitrogens with zero attached hydrogens (tertiary/aromatic N) is 5. The zero-order valence-electron chi connectivity index (χ0n) is 19.8. The third-order valence-corrected chi connectivity index (χ3v) is 7.66. The molecule has 0 N–H and O–H groups in total. The van der Waals surface area contributed by atoms with E-state index in [9.17, 15) is 4.79 Å². The van der Waals surface area contributed by atoms with Crippen molar-refractivity contribution < 1.29 is 4.79 Å². The first-order valence-corrected chi connectivity index (χ1v) is 13.3. The van der Waals surface area contributed by atoms with Gasteiger partial charge in [-0.2, -0.15) is 0 Å². The first-order valence-electron chi connectivity index (χ1n) is 12.4. The number of thioether (sulfide) groups is 1. The number of carbonyl (C=O) groups is 1. The highest BCUT2D eigenvalue weighted by Gasteiger charge is 2.33. The van der Waals surface area contributed by atoms with Gasteiger partial charge < -0.3 is 9.80 Å². The van der Waals surface area contributed by atoms with Gasteiger partial charge >= 0.3 is 0 Å². The van der Waals surface area contributed by atoms with Crippen molar-refractivity contribution in [1.29, 1.82) is 0 Å². The van der Waals surface area contributed by atoms with Gasteiger partial charge in [-0.15, -0.1) is 10.2 Å². The summed E-state index contributed by atoms with van der Waals surface area (Å²) in [4.78, 5) is 17.7. The summed E-state index contributed by atoms with van der Waals surface area (Å²) in [5.74, 6) is 2.26. The summed E-state index contributed by atoms with van der Waals surface area (Å²) >= 11 is 1.53. The van der Waals surface area contributed by atoms with E-state index < -0.39 is 0 Å². The Bertz CT molecular complexity index is 1030. The summed E-state index contributed by atoms with van der Waals surface area (Å²) in [6, 6.07) is 20.9. The highest BCUT2D eigenvalue weighted by Crippen LogP contribution is 2.41. The van der Waals surface area contributed by atoms with Crippen LogP contribution in [0.1, 0.15) is 49.8 Å². The monoisotopic (exact) mass is 475 g/mol. The summed E-state index contributed by atoms with van der Waals surface area (Å²) in [6.07, 6.45) is 4.74. The Morgan fingerprint density at radius 1 is 0.912 bits per heavy atom. The normalized spacial score (nSPS) is 16.6. The van der Waals surface area contributed by atoms with Crippen LogP contribution in [-0.4, -0.2) is 44.4 Å². The van der Waals surface area contributed by atoms with Crippen molar-refractivity contribution in [2.24, 2.45) is 5.92 Å². The zero-order valence-corrected chi connectivity index (χ0v) is 20.7. The number of amides is 1. The molecular formula is C27H33N5OS. The van der Waals surface area contributed by atoms with Crippen molar-refractivity contribution in [3.8, 4) is 0 Å². The van der Waals surface area contributed by atoms with E-state index in [0.717, 1.165) is 41.2 Å². The molecule has 3 aromatic rings. The van der Waals surface area contributed by atoms with E-state index in [1.54, 1.807) is 0 Å². The summed E-state index contributed by atoms with van der Waals surface area (Å²) in [6.45, 7) is 5.60. The molecule has 1 aliphatic heterocycles. The molecule has 0 atom stereocenters. The van der Waals surface area contributed by atoms with Crippen LogP contribution in [0, 0.1) is 5.92 Å². The van der Waals surface area contributed by atoms with Crippen LogP contribution in [0.3, 0.4) is 0 Å². The molecule has 178 valence electrons. The van der Waals surface area contributed by atoms with Crippen LogP contribution in [0.15, 0.2) is 65.8 Å². The SMILES string of the molecule is CC1CCN(c2nnc(SCC(=O)N(Cc3ccccc3)Cc3ccccc3)n2C2CC2)CC1. The lowest BCUT2D eigenvalue weighted by atomic mass is 10.00. The molecule has 2 heterocycles. The molecule has 0 spiro atoms. The van der Waals surface area contributed by atoms with E-state index >= 15 is 0 Å². The van der Waals surface area contributed by atoms with E-state index in [0.29, 0.717) is 24.9 Å². The molecule has 2 aromatic carbocycles. The minimum absolute atomic E-state index is 0.122. The molecule has 1 amide bonds. The Labute approximate surface area is 206 Å². The molecule has 1 saturated carbocycles. The molecule has 34 heavy (non-hydrogen) atoms. The van der Waals surface area contributed by atoms with Crippen molar-refractivity contribution in [1.82, 2.24) is 19.7 Å². The maximum atomic E-state index is 13.4. The number of rotatable bonds is 9. The Morgan fingerprint density at radius 2 is 1.50 bits per heavy atom. The van der Waals surface area contributed by atoms with Gasteiger partial charge in [0.05, 0.1) is 5.75 Å². The fourth-order valence-corrected chi connectivity index (χ4v) is 5.41. The van der Waals surface area contributed by atoms with Gasteiger partial charge in [-0.05, 0) is 42.7 Å². The van der Waals surface area contributed by atoms with Crippen LogP contribution < -0.4 is 4.90 Å². The second-order valence-electron chi connectivity index (χ2n) is 9.56. The number of anilines is 1. The molecular weight excluding hydrogens is 442 g/mol. The van der Waals surface area contributed by atoms with E-state index in [1.807, 2.05) is 41.3 Å². The summed E-state index contributed by atoms with van der Waals surface area (Å²) in [7, 11) is 0. The Morgan fingerprint density at radius 3 is 2.06 bits per heavy atom. The van der Waals surface area contributed by atoms with Crippen LogP contribution in [0.25, 0.3) is 0 Å². The fourth-order valence-electron chi connectivity index (χ4n) is 4.50. The van der Waals surface area contributed by atoms with Crippen LogP contribution in [-0.2, 0) is 17.9 Å². The van der Waals surface area contributed by atoms with Crippen molar-refractivity contribution in [2.75, 3.05) is 23.7 Å². The fraction of sp³-hybridized carbons (Fsp3) is 0.444. The quantitative estimate of drug-likeness (QED) is 0.400. The second kappa shape index (κ2) is 10.6. The summed E-state index contributed by atoms with van der Waals surface area (Å²) in [5, 5.41) is 9.99. The van der Waals surface area contributed by atoms with Gasteiger partial charge in [0.25, 0.3) is 0 Å². The lowest BCUT2D eigenvalue weighted by Crippen LogP contribution is -2.34. The molecule has 2 aliphatic rings. The molecule has 5 rings (SSSR count). The highest BCUT2D eigenvalue weighted by atomic mass is 32.2. The first-order chi connectivity index (χ1) is 16.7. The standard InChI is InChI=1S/C27H33N5OS/c1-21-14-16-30(17-15-21)26-28-29-27(32(26)24-12-13-24)34-20-25(33)31(18-22-8-4-2-5-9-22)19-23-10-6-3-7-11-23/h2-11,21,24H,12-20H2,1H3. The van der Waals surface area contributed by atoms with Gasteiger partial charge in [-0.25, -0.2) is 0 Å². The lowest BCUT2D eigenvalue weighted by molar-refractivity contribution is -0.129. The maximum absolute atomic E-state index is 13.4. The van der Waals surface area contributed by atoms with Crippen molar-refractivity contribution in [2.45, 2.75) is 56.9 Å². The average molecular weight is 476 g/mol. The van der Waals surface area contributed by atoms with Crippen LogP contribution in [0.4, 0.5) is 5.95 Å².